The van der Waals surface area contributed by atoms with Gasteiger partial charge in [-0.05, 0) is 43.6 Å². The van der Waals surface area contributed by atoms with Crippen molar-refractivity contribution >= 4 is 6.09 Å². The first-order valence-electron chi connectivity index (χ1n) is 5.69. The lowest BCUT2D eigenvalue weighted by Gasteiger charge is -2.17. The van der Waals surface area contributed by atoms with E-state index in [0.717, 1.165) is 19.0 Å². The highest BCUT2D eigenvalue weighted by Crippen LogP contribution is 2.34. The predicted octanol–water partition coefficient (Wildman–Crippen LogP) is 1.35. The van der Waals surface area contributed by atoms with Gasteiger partial charge in [-0.15, -0.1) is 0 Å². The number of hydrogen-bond donors (Lipinski definition) is 2. The van der Waals surface area contributed by atoms with E-state index in [1.54, 1.807) is 0 Å². The summed E-state index contributed by atoms with van der Waals surface area (Å²) in [6.07, 6.45) is 3.29. The zero-order valence-electron chi connectivity index (χ0n) is 9.66. The second-order valence-electron chi connectivity index (χ2n) is 4.52. The van der Waals surface area contributed by atoms with Crippen LogP contribution in [0.15, 0.2) is 0 Å². The van der Waals surface area contributed by atoms with Crippen LogP contribution in [0.1, 0.15) is 26.2 Å². The van der Waals surface area contributed by atoms with Crippen molar-refractivity contribution in [1.29, 1.82) is 0 Å². The lowest BCUT2D eigenvalue weighted by atomic mass is 9.92. The van der Waals surface area contributed by atoms with Gasteiger partial charge in [-0.1, -0.05) is 6.92 Å². The van der Waals surface area contributed by atoms with Crippen LogP contribution in [0.2, 0.25) is 0 Å². The summed E-state index contributed by atoms with van der Waals surface area (Å²) in [5.41, 5.74) is 5.65. The van der Waals surface area contributed by atoms with Crippen molar-refractivity contribution in [2.24, 2.45) is 23.5 Å². The van der Waals surface area contributed by atoms with Crippen LogP contribution < -0.4 is 11.1 Å². The number of ether oxygens (including phenoxy) is 1. The summed E-state index contributed by atoms with van der Waals surface area (Å²) in [6, 6.07) is 0. The number of nitrogens with one attached hydrogen (secondary N) is 1. The molecule has 4 nitrogen and oxygen atoms in total. The highest BCUT2D eigenvalue weighted by molar-refractivity contribution is 5.66. The van der Waals surface area contributed by atoms with Crippen LogP contribution in [0.3, 0.4) is 0 Å². The zero-order chi connectivity index (χ0) is 11.3. The van der Waals surface area contributed by atoms with Crippen LogP contribution in [0.5, 0.6) is 0 Å². The van der Waals surface area contributed by atoms with Crippen molar-refractivity contribution in [2.75, 3.05) is 20.2 Å². The third-order valence-electron chi connectivity index (χ3n) is 3.48. The summed E-state index contributed by atoms with van der Waals surface area (Å²) in [4.78, 5) is 10.9. The smallest absolute Gasteiger partial charge is 0.406 e. The largest absolute Gasteiger partial charge is 0.453 e. The monoisotopic (exact) mass is 214 g/mol. The highest BCUT2D eigenvalue weighted by atomic mass is 16.5. The maximum atomic E-state index is 10.9. The van der Waals surface area contributed by atoms with Gasteiger partial charge in [0.25, 0.3) is 0 Å². The summed E-state index contributed by atoms with van der Waals surface area (Å²) in [5, 5.41) is 2.76. The maximum Gasteiger partial charge on any atom is 0.406 e. The molecule has 3 unspecified atom stereocenters. The Morgan fingerprint density at radius 3 is 2.93 bits per heavy atom. The third kappa shape index (κ3) is 3.70. The van der Waals surface area contributed by atoms with Crippen molar-refractivity contribution in [1.82, 2.24) is 5.32 Å². The van der Waals surface area contributed by atoms with Gasteiger partial charge >= 0.3 is 6.09 Å². The molecule has 3 N–H and O–H groups in total. The van der Waals surface area contributed by atoms with E-state index in [1.165, 1.54) is 26.4 Å². The van der Waals surface area contributed by atoms with E-state index in [1.807, 2.05) is 0 Å². The molecule has 1 saturated carbocycles. The summed E-state index contributed by atoms with van der Waals surface area (Å²) in [6.45, 7) is 3.71. The molecule has 0 aromatic carbocycles. The molecule has 1 amide bonds. The van der Waals surface area contributed by atoms with Gasteiger partial charge in [-0.2, -0.15) is 0 Å². The maximum absolute atomic E-state index is 10.9. The second kappa shape index (κ2) is 5.95. The molecule has 0 spiro atoms. The Bertz CT molecular complexity index is 209. The van der Waals surface area contributed by atoms with Crippen molar-refractivity contribution < 1.29 is 9.53 Å². The van der Waals surface area contributed by atoms with Crippen LogP contribution in [0, 0.1) is 17.8 Å². The van der Waals surface area contributed by atoms with Gasteiger partial charge in [0.2, 0.25) is 0 Å². The number of hydrogen-bond acceptors (Lipinski definition) is 3. The third-order valence-corrected chi connectivity index (χ3v) is 3.48. The average Bonchev–Trinajstić information content (AvgIpc) is 2.73. The summed E-state index contributed by atoms with van der Waals surface area (Å²) >= 11 is 0. The second-order valence-corrected chi connectivity index (χ2v) is 4.52. The molecule has 1 rings (SSSR count). The molecule has 1 aliphatic carbocycles. The Morgan fingerprint density at radius 2 is 2.33 bits per heavy atom. The van der Waals surface area contributed by atoms with Crippen LogP contribution in [-0.2, 0) is 4.74 Å². The fourth-order valence-corrected chi connectivity index (χ4v) is 2.31. The van der Waals surface area contributed by atoms with E-state index in [4.69, 9.17) is 5.73 Å². The van der Waals surface area contributed by atoms with E-state index in [0.29, 0.717) is 11.8 Å². The van der Waals surface area contributed by atoms with Crippen molar-refractivity contribution in [3.8, 4) is 0 Å². The number of carbonyl (C=O) groups is 1. The van der Waals surface area contributed by atoms with Crippen LogP contribution in [-0.4, -0.2) is 26.3 Å². The number of carbonyl (C=O) groups excluding carboxylic acids is 1. The number of amides is 1. The quantitative estimate of drug-likeness (QED) is 0.742. The molecule has 3 atom stereocenters. The van der Waals surface area contributed by atoms with Gasteiger partial charge in [-0.3, -0.25) is 0 Å². The van der Waals surface area contributed by atoms with Gasteiger partial charge in [0.15, 0.2) is 0 Å². The lowest BCUT2D eigenvalue weighted by Crippen LogP contribution is -2.28. The van der Waals surface area contributed by atoms with Crippen LogP contribution in [0.4, 0.5) is 4.79 Å². The first-order valence-corrected chi connectivity index (χ1v) is 5.69. The normalized spacial score (nSPS) is 27.4. The van der Waals surface area contributed by atoms with Crippen LogP contribution in [0.25, 0.3) is 0 Å². The SMILES string of the molecule is COC(=O)NCC1CCC(C(C)CN)C1. The molecule has 0 aromatic rings. The molecule has 0 saturated heterocycles. The average molecular weight is 214 g/mol. The van der Waals surface area contributed by atoms with Crippen molar-refractivity contribution in [3.63, 3.8) is 0 Å². The van der Waals surface area contributed by atoms with Gasteiger partial charge in [-0.25, -0.2) is 4.79 Å². The van der Waals surface area contributed by atoms with E-state index in [9.17, 15) is 4.79 Å². The Kier molecular flexibility index (Phi) is 4.88. The Hall–Kier alpha value is -0.770. The van der Waals surface area contributed by atoms with E-state index in [2.05, 4.69) is 17.0 Å². The fourth-order valence-electron chi connectivity index (χ4n) is 2.31. The topological polar surface area (TPSA) is 64.3 Å². The lowest BCUT2D eigenvalue weighted by molar-refractivity contribution is 0.169. The standard InChI is InChI=1S/C11H22N2O2/c1-8(6-12)10-4-3-9(5-10)7-13-11(14)15-2/h8-10H,3-7,12H2,1-2H3,(H,13,14). The minimum absolute atomic E-state index is 0.328. The molecule has 0 heterocycles. The summed E-state index contributed by atoms with van der Waals surface area (Å²) < 4.78 is 4.54. The molecule has 0 aliphatic heterocycles. The van der Waals surface area contributed by atoms with E-state index in [-0.39, 0.29) is 6.09 Å². The zero-order valence-corrected chi connectivity index (χ0v) is 9.66. The molecule has 0 aromatic heterocycles. The predicted molar refractivity (Wildman–Crippen MR) is 59.5 cm³/mol. The van der Waals surface area contributed by atoms with Gasteiger partial charge < -0.3 is 15.8 Å². The number of nitrogens with two attached hydrogens (primary N) is 1. The Morgan fingerprint density at radius 1 is 1.60 bits per heavy atom. The Labute approximate surface area is 91.5 Å². The van der Waals surface area contributed by atoms with Gasteiger partial charge in [0, 0.05) is 6.54 Å². The van der Waals surface area contributed by atoms with Crippen molar-refractivity contribution in [3.05, 3.63) is 0 Å². The minimum atomic E-state index is -0.328. The molecule has 0 radical (unpaired) electrons. The van der Waals surface area contributed by atoms with Gasteiger partial charge in [0.05, 0.1) is 7.11 Å². The molecule has 1 fully saturated rings. The molecular formula is C11H22N2O2. The van der Waals surface area contributed by atoms with E-state index < -0.39 is 0 Å². The molecule has 1 aliphatic rings. The molecule has 15 heavy (non-hydrogen) atoms. The van der Waals surface area contributed by atoms with Crippen LogP contribution >= 0.6 is 0 Å². The molecule has 0 bridgehead atoms. The molecule has 4 heteroatoms. The Balaban J connectivity index is 2.21. The number of rotatable bonds is 4. The minimum Gasteiger partial charge on any atom is -0.453 e. The number of alkyl carbamates (subject to hydrolysis) is 1. The van der Waals surface area contributed by atoms with E-state index >= 15 is 0 Å². The molecular weight excluding hydrogens is 192 g/mol. The summed E-state index contributed by atoms with van der Waals surface area (Å²) in [5.74, 6) is 1.94. The molecule has 88 valence electrons. The fraction of sp³-hybridized carbons (Fsp3) is 0.909. The number of methoxy groups -OCH3 is 1. The van der Waals surface area contributed by atoms with Crippen molar-refractivity contribution in [2.45, 2.75) is 26.2 Å². The van der Waals surface area contributed by atoms with Gasteiger partial charge in [0.1, 0.15) is 0 Å². The summed E-state index contributed by atoms with van der Waals surface area (Å²) in [7, 11) is 1.39. The highest BCUT2D eigenvalue weighted by Gasteiger charge is 2.28. The first kappa shape index (κ1) is 12.3. The first-order chi connectivity index (χ1) is 7.17.